The molecular formula is C26H39N3O3S. The summed E-state index contributed by atoms with van der Waals surface area (Å²) in [5.74, 6) is 2.37. The van der Waals surface area contributed by atoms with Crippen LogP contribution in [0.1, 0.15) is 63.4 Å². The quantitative estimate of drug-likeness (QED) is 0.557. The van der Waals surface area contributed by atoms with E-state index in [1.54, 1.807) is 0 Å². The fourth-order valence-corrected chi connectivity index (χ4v) is 8.42. The van der Waals surface area contributed by atoms with Crippen LogP contribution in [-0.4, -0.2) is 58.2 Å². The molecule has 0 unspecified atom stereocenters. The second-order valence-corrected chi connectivity index (χ2v) is 13.2. The number of hydrogen-bond acceptors (Lipinski definition) is 4. The van der Waals surface area contributed by atoms with E-state index in [0.29, 0.717) is 12.2 Å². The summed E-state index contributed by atoms with van der Waals surface area (Å²) in [5.41, 5.74) is 2.24. The smallest absolute Gasteiger partial charge is 0.240 e. The van der Waals surface area contributed by atoms with E-state index >= 15 is 0 Å². The predicted octanol–water partition coefficient (Wildman–Crippen LogP) is 3.52. The molecule has 6 nitrogen and oxygen atoms in total. The lowest BCUT2D eigenvalue weighted by molar-refractivity contribution is -0.119. The Labute approximate surface area is 199 Å². The van der Waals surface area contributed by atoms with E-state index in [1.807, 2.05) is 12.1 Å². The van der Waals surface area contributed by atoms with Crippen LogP contribution in [0.3, 0.4) is 0 Å². The van der Waals surface area contributed by atoms with Crippen molar-refractivity contribution in [2.45, 2.75) is 63.2 Å². The molecule has 6 rings (SSSR count). The maximum atomic E-state index is 12.5. The number of amides is 1. The Hall–Kier alpha value is -1.60. The number of sulfonamides is 1. The van der Waals surface area contributed by atoms with Gasteiger partial charge in [0.2, 0.25) is 15.9 Å². The Kier molecular flexibility index (Phi) is 6.47. The van der Waals surface area contributed by atoms with Crippen LogP contribution in [0.25, 0.3) is 0 Å². The van der Waals surface area contributed by atoms with E-state index in [9.17, 15) is 13.2 Å². The van der Waals surface area contributed by atoms with Crippen LogP contribution in [-0.2, 0) is 20.2 Å². The van der Waals surface area contributed by atoms with Gasteiger partial charge in [-0.1, -0.05) is 12.1 Å². The summed E-state index contributed by atoms with van der Waals surface area (Å²) in [4.78, 5) is 15.0. The minimum atomic E-state index is -3.55. The van der Waals surface area contributed by atoms with Gasteiger partial charge >= 0.3 is 0 Å². The Morgan fingerprint density at radius 1 is 1.03 bits per heavy atom. The van der Waals surface area contributed by atoms with Gasteiger partial charge in [0.05, 0.1) is 11.9 Å². The zero-order valence-corrected chi connectivity index (χ0v) is 20.8. The van der Waals surface area contributed by atoms with Crippen LogP contribution in [0.5, 0.6) is 0 Å². The Morgan fingerprint density at radius 3 is 2.15 bits per heavy atom. The molecule has 1 saturated heterocycles. The minimum Gasteiger partial charge on any atom is -0.354 e. The monoisotopic (exact) mass is 473 g/mol. The number of nitrogens with zero attached hydrogens (tertiary/aromatic N) is 2. The summed E-state index contributed by atoms with van der Waals surface area (Å²) in [6.07, 6.45) is 12.7. The van der Waals surface area contributed by atoms with Crippen LogP contribution in [0.4, 0.5) is 5.69 Å². The van der Waals surface area contributed by atoms with Gasteiger partial charge < -0.3 is 10.2 Å². The summed E-state index contributed by atoms with van der Waals surface area (Å²) >= 11 is 0. The summed E-state index contributed by atoms with van der Waals surface area (Å²) in [6.45, 7) is 3.70. The first-order valence-corrected chi connectivity index (χ1v) is 14.7. The summed E-state index contributed by atoms with van der Waals surface area (Å²) in [7, 11) is -3.55. The van der Waals surface area contributed by atoms with Crippen LogP contribution in [0.15, 0.2) is 24.3 Å². The predicted molar refractivity (Wildman–Crippen MR) is 132 cm³/mol. The molecule has 4 aliphatic carbocycles. The van der Waals surface area contributed by atoms with Gasteiger partial charge in [0.25, 0.3) is 0 Å². The molecule has 5 aliphatic rings. The average molecular weight is 474 g/mol. The number of carbonyl (C=O) groups excluding carboxylic acids is 1. The molecule has 5 fully saturated rings. The number of hydrogen-bond donors (Lipinski definition) is 1. The third-order valence-electron chi connectivity index (χ3n) is 8.67. The van der Waals surface area contributed by atoms with Crippen LogP contribution < -0.4 is 9.62 Å². The first-order chi connectivity index (χ1) is 15.8. The van der Waals surface area contributed by atoms with Crippen LogP contribution in [0.2, 0.25) is 0 Å². The first kappa shape index (κ1) is 23.2. The van der Waals surface area contributed by atoms with Crippen LogP contribution >= 0.6 is 0 Å². The molecule has 1 aromatic rings. The first-order valence-electron chi connectivity index (χ1n) is 12.9. The molecule has 33 heavy (non-hydrogen) atoms. The second-order valence-electron chi connectivity index (χ2n) is 11.3. The molecule has 1 heterocycles. The summed E-state index contributed by atoms with van der Waals surface area (Å²) < 4.78 is 26.3. The summed E-state index contributed by atoms with van der Waals surface area (Å²) in [5, 5.41) is 2.91. The van der Waals surface area contributed by atoms with E-state index < -0.39 is 10.0 Å². The topological polar surface area (TPSA) is 69.7 Å². The van der Waals surface area contributed by atoms with Gasteiger partial charge in [0.1, 0.15) is 6.54 Å². The minimum absolute atomic E-state index is 0.167. The number of benzene rings is 1. The molecule has 1 aromatic carbocycles. The molecule has 4 bridgehead atoms. The molecular weight excluding hydrogens is 434 g/mol. The molecule has 4 saturated carbocycles. The van der Waals surface area contributed by atoms with Crippen molar-refractivity contribution in [2.24, 2.45) is 17.8 Å². The molecule has 1 amide bonds. The molecule has 182 valence electrons. The number of carbonyl (C=O) groups is 1. The van der Waals surface area contributed by atoms with Crippen molar-refractivity contribution in [1.82, 2.24) is 10.2 Å². The average Bonchev–Trinajstić information content (AvgIpc) is 3.27. The van der Waals surface area contributed by atoms with Gasteiger partial charge in [-0.2, -0.15) is 0 Å². The van der Waals surface area contributed by atoms with Gasteiger partial charge in [-0.3, -0.25) is 9.10 Å². The molecule has 0 radical (unpaired) electrons. The van der Waals surface area contributed by atoms with Crippen molar-refractivity contribution in [3.63, 3.8) is 0 Å². The van der Waals surface area contributed by atoms with Gasteiger partial charge in [0, 0.05) is 6.54 Å². The van der Waals surface area contributed by atoms with E-state index in [2.05, 4.69) is 22.3 Å². The standard InChI is InChI=1S/C26H39N3O3S/c1-33(31,32)29(19-25(30)27-9-4-12-28-10-2-3-11-28)24-7-5-23(6-8-24)26-16-20-13-21(17-26)15-22(14-20)18-26/h5-8,20-22H,2-4,9-19H2,1H3,(H,27,30). The van der Waals surface area contributed by atoms with Crippen molar-refractivity contribution in [3.8, 4) is 0 Å². The maximum absolute atomic E-state index is 12.5. The maximum Gasteiger partial charge on any atom is 0.240 e. The highest BCUT2D eigenvalue weighted by Crippen LogP contribution is 2.60. The second kappa shape index (κ2) is 9.21. The van der Waals surface area contributed by atoms with E-state index in [1.165, 1.54) is 67.5 Å². The lowest BCUT2D eigenvalue weighted by atomic mass is 9.48. The van der Waals surface area contributed by atoms with Crippen molar-refractivity contribution in [2.75, 3.05) is 43.3 Å². The molecule has 0 atom stereocenters. The van der Waals surface area contributed by atoms with Crippen molar-refractivity contribution < 1.29 is 13.2 Å². The van der Waals surface area contributed by atoms with Gasteiger partial charge in [-0.15, -0.1) is 0 Å². The van der Waals surface area contributed by atoms with Crippen molar-refractivity contribution >= 4 is 21.6 Å². The van der Waals surface area contributed by atoms with Crippen molar-refractivity contribution in [1.29, 1.82) is 0 Å². The number of rotatable bonds is 9. The fourth-order valence-electron chi connectivity index (χ4n) is 7.57. The Morgan fingerprint density at radius 2 is 1.61 bits per heavy atom. The van der Waals surface area contributed by atoms with Gasteiger partial charge in [-0.05, 0) is 118 Å². The Bertz CT molecular complexity index is 918. The van der Waals surface area contributed by atoms with E-state index in [0.717, 1.165) is 43.8 Å². The molecule has 1 N–H and O–H groups in total. The molecule has 1 aliphatic heterocycles. The van der Waals surface area contributed by atoms with Gasteiger partial charge in [0.15, 0.2) is 0 Å². The number of anilines is 1. The third-order valence-corrected chi connectivity index (χ3v) is 9.81. The molecule has 0 spiro atoms. The largest absolute Gasteiger partial charge is 0.354 e. The SMILES string of the molecule is CS(=O)(=O)N(CC(=O)NCCCN1CCCC1)c1ccc(C23CC4CC(CC(C4)C2)C3)cc1. The normalized spacial score (nSPS) is 31.1. The molecule has 7 heteroatoms. The van der Waals surface area contributed by atoms with E-state index in [-0.39, 0.29) is 17.9 Å². The van der Waals surface area contributed by atoms with E-state index in [4.69, 9.17) is 0 Å². The lowest BCUT2D eigenvalue weighted by Crippen LogP contribution is -2.48. The van der Waals surface area contributed by atoms with Crippen molar-refractivity contribution in [3.05, 3.63) is 29.8 Å². The highest BCUT2D eigenvalue weighted by Gasteiger charge is 2.51. The highest BCUT2D eigenvalue weighted by atomic mass is 32.2. The zero-order chi connectivity index (χ0) is 23.1. The fraction of sp³-hybridized carbons (Fsp3) is 0.731. The summed E-state index contributed by atoms with van der Waals surface area (Å²) in [6, 6.07) is 8.09. The van der Waals surface area contributed by atoms with Gasteiger partial charge in [-0.25, -0.2) is 8.42 Å². The highest BCUT2D eigenvalue weighted by molar-refractivity contribution is 7.92. The van der Waals surface area contributed by atoms with Crippen LogP contribution in [0, 0.1) is 17.8 Å². The molecule has 0 aromatic heterocycles. The number of nitrogens with one attached hydrogen (secondary N) is 1. The Balaban J connectivity index is 1.21. The zero-order valence-electron chi connectivity index (χ0n) is 20.0. The lowest BCUT2D eigenvalue weighted by Gasteiger charge is -2.57. The number of likely N-dealkylation sites (tertiary alicyclic amines) is 1. The third kappa shape index (κ3) is 5.09.